The van der Waals surface area contributed by atoms with Gasteiger partial charge in [-0.3, -0.25) is 4.79 Å². The average Bonchev–Trinajstić information content (AvgIpc) is 2.80. The lowest BCUT2D eigenvalue weighted by Gasteiger charge is -2.23. The molecule has 2 rings (SSSR count). The van der Waals surface area contributed by atoms with Gasteiger partial charge >= 0.3 is 5.97 Å². The van der Waals surface area contributed by atoms with Crippen molar-refractivity contribution >= 4 is 11.9 Å². The molecule has 0 spiro atoms. The number of benzene rings is 1. The average molecular weight is 291 g/mol. The SMILES string of the molecule is C[C@H](NC(=O)C1COc2ccccc21)C(=O)OC(C)(C)C. The third kappa shape index (κ3) is 3.74. The van der Waals surface area contributed by atoms with Gasteiger partial charge in [-0.25, -0.2) is 4.79 Å². The van der Waals surface area contributed by atoms with Crippen molar-refractivity contribution in [3.8, 4) is 5.75 Å². The Morgan fingerprint density at radius 1 is 1.33 bits per heavy atom. The van der Waals surface area contributed by atoms with E-state index >= 15 is 0 Å². The number of hydrogen-bond acceptors (Lipinski definition) is 4. The molecule has 2 atom stereocenters. The first-order chi connectivity index (χ1) is 9.78. The fraction of sp³-hybridized carbons (Fsp3) is 0.500. The molecule has 1 heterocycles. The first-order valence-corrected chi connectivity index (χ1v) is 7.03. The van der Waals surface area contributed by atoms with Crippen LogP contribution in [0.4, 0.5) is 0 Å². The van der Waals surface area contributed by atoms with Crippen molar-refractivity contribution in [3.05, 3.63) is 29.8 Å². The molecule has 1 amide bonds. The Morgan fingerprint density at radius 3 is 2.67 bits per heavy atom. The molecule has 5 nitrogen and oxygen atoms in total. The van der Waals surface area contributed by atoms with Gasteiger partial charge in [0.2, 0.25) is 5.91 Å². The Bertz CT molecular complexity index is 547. The van der Waals surface area contributed by atoms with Crippen LogP contribution in [-0.4, -0.2) is 30.1 Å². The molecule has 0 aliphatic carbocycles. The van der Waals surface area contributed by atoms with Gasteiger partial charge in [0, 0.05) is 5.56 Å². The maximum absolute atomic E-state index is 12.3. The normalized spacial score (nSPS) is 18.4. The maximum atomic E-state index is 12.3. The Kier molecular flexibility index (Phi) is 4.21. The van der Waals surface area contributed by atoms with Crippen LogP contribution in [0.3, 0.4) is 0 Å². The smallest absolute Gasteiger partial charge is 0.328 e. The van der Waals surface area contributed by atoms with E-state index in [2.05, 4.69) is 5.32 Å². The van der Waals surface area contributed by atoms with Gasteiger partial charge < -0.3 is 14.8 Å². The summed E-state index contributed by atoms with van der Waals surface area (Å²) in [5.41, 5.74) is 0.283. The summed E-state index contributed by atoms with van der Waals surface area (Å²) in [5.74, 6) is -0.324. The summed E-state index contributed by atoms with van der Waals surface area (Å²) in [7, 11) is 0. The number of carbonyl (C=O) groups is 2. The van der Waals surface area contributed by atoms with Crippen molar-refractivity contribution in [1.82, 2.24) is 5.32 Å². The number of rotatable bonds is 3. The third-order valence-electron chi connectivity index (χ3n) is 3.14. The summed E-state index contributed by atoms with van der Waals surface area (Å²) in [6.07, 6.45) is 0. The predicted molar refractivity (Wildman–Crippen MR) is 78.1 cm³/mol. The highest BCUT2D eigenvalue weighted by Crippen LogP contribution is 2.33. The second-order valence-corrected chi connectivity index (χ2v) is 6.17. The summed E-state index contributed by atoms with van der Waals surface area (Å²) in [4.78, 5) is 24.2. The first kappa shape index (κ1) is 15.4. The molecule has 1 aromatic carbocycles. The summed E-state index contributed by atoms with van der Waals surface area (Å²) in [6, 6.07) is 6.74. The van der Waals surface area contributed by atoms with Gasteiger partial charge in [0.05, 0.1) is 0 Å². The molecule has 0 saturated heterocycles. The van der Waals surface area contributed by atoms with Crippen molar-refractivity contribution in [3.63, 3.8) is 0 Å². The van der Waals surface area contributed by atoms with Crippen LogP contribution < -0.4 is 10.1 Å². The lowest BCUT2D eigenvalue weighted by atomic mass is 10.0. The van der Waals surface area contributed by atoms with E-state index < -0.39 is 17.6 Å². The van der Waals surface area contributed by atoms with E-state index in [4.69, 9.17) is 9.47 Å². The molecule has 1 aliphatic heterocycles. The molecular formula is C16H21NO4. The topological polar surface area (TPSA) is 64.6 Å². The minimum absolute atomic E-state index is 0.224. The van der Waals surface area contributed by atoms with E-state index in [0.29, 0.717) is 6.61 Å². The van der Waals surface area contributed by atoms with Gasteiger partial charge in [-0.1, -0.05) is 18.2 Å². The molecule has 21 heavy (non-hydrogen) atoms. The molecule has 0 bridgehead atoms. The van der Waals surface area contributed by atoms with Crippen LogP contribution in [0.5, 0.6) is 5.75 Å². The number of ether oxygens (including phenoxy) is 2. The van der Waals surface area contributed by atoms with Crippen molar-refractivity contribution in [1.29, 1.82) is 0 Å². The summed E-state index contributed by atoms with van der Waals surface area (Å²) < 4.78 is 10.7. The van der Waals surface area contributed by atoms with Crippen LogP contribution in [0.2, 0.25) is 0 Å². The van der Waals surface area contributed by atoms with Crippen LogP contribution in [0, 0.1) is 0 Å². The van der Waals surface area contributed by atoms with E-state index in [1.165, 1.54) is 0 Å². The Morgan fingerprint density at radius 2 is 2.00 bits per heavy atom. The number of carbonyl (C=O) groups excluding carboxylic acids is 2. The molecule has 114 valence electrons. The molecule has 1 aliphatic rings. The molecule has 0 radical (unpaired) electrons. The van der Waals surface area contributed by atoms with Crippen LogP contribution in [-0.2, 0) is 14.3 Å². The number of fused-ring (bicyclic) bond motifs is 1. The highest BCUT2D eigenvalue weighted by molar-refractivity contribution is 5.89. The molecule has 1 unspecified atom stereocenters. The van der Waals surface area contributed by atoms with Crippen molar-refractivity contribution < 1.29 is 19.1 Å². The maximum Gasteiger partial charge on any atom is 0.328 e. The largest absolute Gasteiger partial charge is 0.492 e. The van der Waals surface area contributed by atoms with Crippen LogP contribution in [0.1, 0.15) is 39.2 Å². The fourth-order valence-electron chi connectivity index (χ4n) is 2.14. The van der Waals surface area contributed by atoms with Gasteiger partial charge in [-0.15, -0.1) is 0 Å². The first-order valence-electron chi connectivity index (χ1n) is 7.03. The second kappa shape index (κ2) is 5.76. The number of nitrogens with one attached hydrogen (secondary N) is 1. The standard InChI is InChI=1S/C16H21NO4/c1-10(15(19)21-16(2,3)4)17-14(18)12-9-20-13-8-6-5-7-11(12)13/h5-8,10,12H,9H2,1-4H3,(H,17,18)/t10-,12?/m0/s1. The third-order valence-corrected chi connectivity index (χ3v) is 3.14. The summed E-state index contributed by atoms with van der Waals surface area (Å²) in [5, 5.41) is 2.69. The van der Waals surface area contributed by atoms with Crippen LogP contribution in [0.25, 0.3) is 0 Å². The van der Waals surface area contributed by atoms with E-state index in [9.17, 15) is 9.59 Å². The molecule has 1 aromatic rings. The van der Waals surface area contributed by atoms with Gasteiger partial charge in [0.15, 0.2) is 0 Å². The van der Waals surface area contributed by atoms with E-state index in [0.717, 1.165) is 11.3 Å². The van der Waals surface area contributed by atoms with Crippen molar-refractivity contribution in [2.24, 2.45) is 0 Å². The molecular weight excluding hydrogens is 270 g/mol. The number of esters is 1. The molecule has 0 fully saturated rings. The van der Waals surface area contributed by atoms with E-state index in [1.807, 2.05) is 24.3 Å². The van der Waals surface area contributed by atoms with Gasteiger partial charge in [0.25, 0.3) is 0 Å². The zero-order valence-electron chi connectivity index (χ0n) is 12.8. The van der Waals surface area contributed by atoms with Crippen molar-refractivity contribution in [2.45, 2.75) is 45.3 Å². The van der Waals surface area contributed by atoms with Gasteiger partial charge in [-0.05, 0) is 33.8 Å². The van der Waals surface area contributed by atoms with Crippen LogP contribution in [0.15, 0.2) is 24.3 Å². The second-order valence-electron chi connectivity index (χ2n) is 6.17. The zero-order valence-corrected chi connectivity index (χ0v) is 12.8. The predicted octanol–water partition coefficient (Wildman–Crippen LogP) is 2.01. The quantitative estimate of drug-likeness (QED) is 0.865. The Hall–Kier alpha value is -2.04. The number of para-hydroxylation sites is 1. The van der Waals surface area contributed by atoms with Gasteiger partial charge in [0.1, 0.15) is 29.9 Å². The van der Waals surface area contributed by atoms with E-state index in [1.54, 1.807) is 27.7 Å². The molecule has 1 N–H and O–H groups in total. The van der Waals surface area contributed by atoms with Crippen molar-refractivity contribution in [2.75, 3.05) is 6.61 Å². The van der Waals surface area contributed by atoms with E-state index in [-0.39, 0.29) is 11.8 Å². The Labute approximate surface area is 124 Å². The summed E-state index contributed by atoms with van der Waals surface area (Å²) in [6.45, 7) is 7.29. The minimum atomic E-state index is -0.690. The minimum Gasteiger partial charge on any atom is -0.492 e. The molecule has 0 saturated carbocycles. The molecule has 5 heteroatoms. The lowest BCUT2D eigenvalue weighted by Crippen LogP contribution is -2.44. The highest BCUT2D eigenvalue weighted by atomic mass is 16.6. The number of hydrogen-bond donors (Lipinski definition) is 1. The van der Waals surface area contributed by atoms with Crippen LogP contribution >= 0.6 is 0 Å². The van der Waals surface area contributed by atoms with Gasteiger partial charge in [-0.2, -0.15) is 0 Å². The lowest BCUT2D eigenvalue weighted by molar-refractivity contribution is -0.158. The summed E-state index contributed by atoms with van der Waals surface area (Å²) >= 11 is 0. The Balaban J connectivity index is 1.98. The zero-order chi connectivity index (χ0) is 15.6. The molecule has 0 aromatic heterocycles. The fourth-order valence-corrected chi connectivity index (χ4v) is 2.14. The number of amides is 1. The highest BCUT2D eigenvalue weighted by Gasteiger charge is 2.32. The monoisotopic (exact) mass is 291 g/mol.